The minimum absolute atomic E-state index is 0.275. The van der Waals surface area contributed by atoms with Gasteiger partial charge < -0.3 is 10.1 Å². The lowest BCUT2D eigenvalue weighted by atomic mass is 10.0. The fourth-order valence-electron chi connectivity index (χ4n) is 5.00. The summed E-state index contributed by atoms with van der Waals surface area (Å²) in [7, 11) is 0. The number of aromatic amines is 1. The van der Waals surface area contributed by atoms with E-state index in [1.165, 1.54) is 12.8 Å². The van der Waals surface area contributed by atoms with Crippen LogP contribution >= 0.6 is 0 Å². The monoisotopic (exact) mass is 513 g/mol. The predicted octanol–water partition coefficient (Wildman–Crippen LogP) is 4.13. The Balaban J connectivity index is 1.29. The molecule has 0 unspecified atom stereocenters. The van der Waals surface area contributed by atoms with Crippen molar-refractivity contribution in [3.8, 4) is 0 Å². The molecule has 0 bridgehead atoms. The summed E-state index contributed by atoms with van der Waals surface area (Å²) < 4.78 is 5.41. The zero-order chi connectivity index (χ0) is 26.3. The van der Waals surface area contributed by atoms with Gasteiger partial charge >= 0.3 is 0 Å². The molecule has 2 aromatic heterocycles. The average molecular weight is 514 g/mol. The van der Waals surface area contributed by atoms with Crippen LogP contribution in [-0.4, -0.2) is 83.5 Å². The summed E-state index contributed by atoms with van der Waals surface area (Å²) in [6, 6.07) is 9.85. The first-order valence-corrected chi connectivity index (χ1v) is 13.2. The van der Waals surface area contributed by atoms with Crippen molar-refractivity contribution >= 4 is 34.8 Å². The van der Waals surface area contributed by atoms with E-state index >= 15 is 0 Å². The van der Waals surface area contributed by atoms with Crippen LogP contribution in [0.15, 0.2) is 59.4 Å². The van der Waals surface area contributed by atoms with Crippen molar-refractivity contribution in [2.24, 2.45) is 4.99 Å². The largest absolute Gasteiger partial charge is 0.379 e. The number of fused-ring (bicyclic) bond motifs is 1. The van der Waals surface area contributed by atoms with E-state index in [1.54, 1.807) is 6.20 Å². The molecule has 0 radical (unpaired) electrons. The van der Waals surface area contributed by atoms with Crippen molar-refractivity contribution in [1.29, 1.82) is 0 Å². The van der Waals surface area contributed by atoms with Crippen LogP contribution in [0.25, 0.3) is 16.5 Å². The third-order valence-electron chi connectivity index (χ3n) is 7.07. The van der Waals surface area contributed by atoms with Crippen LogP contribution in [0.5, 0.6) is 0 Å². The molecule has 3 aromatic rings. The van der Waals surface area contributed by atoms with Gasteiger partial charge in [-0.2, -0.15) is 5.10 Å². The highest BCUT2D eigenvalue weighted by Crippen LogP contribution is 2.25. The van der Waals surface area contributed by atoms with Crippen LogP contribution in [-0.2, 0) is 11.3 Å². The number of aliphatic imine (C=N–C) groups is 1. The second kappa shape index (κ2) is 12.3. The molecule has 0 atom stereocenters. The molecule has 9 nitrogen and oxygen atoms in total. The number of rotatable bonds is 9. The van der Waals surface area contributed by atoms with E-state index in [0.29, 0.717) is 11.4 Å². The third-order valence-corrected chi connectivity index (χ3v) is 7.07. The number of H-pyrrole nitrogens is 1. The molecule has 5 rings (SSSR count). The maximum absolute atomic E-state index is 13.1. The summed E-state index contributed by atoms with van der Waals surface area (Å²) in [5.41, 5.74) is 6.00. The fourth-order valence-corrected chi connectivity index (χ4v) is 5.00. The quantitative estimate of drug-likeness (QED) is 0.330. The highest BCUT2D eigenvalue weighted by molar-refractivity contribution is 6.11. The molecular weight excluding hydrogens is 478 g/mol. The lowest BCUT2D eigenvalue weighted by molar-refractivity contribution is 0.0336. The van der Waals surface area contributed by atoms with Gasteiger partial charge in [-0.15, -0.1) is 0 Å². The van der Waals surface area contributed by atoms with Crippen molar-refractivity contribution in [3.63, 3.8) is 0 Å². The first-order valence-electron chi connectivity index (χ1n) is 13.2. The second-order valence-electron chi connectivity index (χ2n) is 9.91. The van der Waals surface area contributed by atoms with Gasteiger partial charge in [0.05, 0.1) is 36.3 Å². The highest BCUT2D eigenvalue weighted by atomic mass is 16.5. The number of likely N-dealkylation sites (tertiary alicyclic amines) is 1. The van der Waals surface area contributed by atoms with Gasteiger partial charge in [0.25, 0.3) is 5.91 Å². The normalized spacial score (nSPS) is 17.7. The average Bonchev–Trinajstić information content (AvgIpc) is 3.60. The third kappa shape index (κ3) is 6.42. The lowest BCUT2D eigenvalue weighted by Gasteiger charge is -2.26. The molecule has 2 fully saturated rings. The van der Waals surface area contributed by atoms with Crippen LogP contribution in [0.4, 0.5) is 5.69 Å². The molecule has 1 amide bonds. The van der Waals surface area contributed by atoms with Crippen molar-refractivity contribution in [3.05, 3.63) is 71.3 Å². The summed E-state index contributed by atoms with van der Waals surface area (Å²) in [6.07, 6.45) is 8.17. The van der Waals surface area contributed by atoms with Crippen molar-refractivity contribution in [2.75, 3.05) is 51.3 Å². The first-order chi connectivity index (χ1) is 18.6. The van der Waals surface area contributed by atoms with E-state index in [0.717, 1.165) is 85.8 Å². The maximum atomic E-state index is 13.1. The highest BCUT2D eigenvalue weighted by Gasteiger charge is 2.17. The number of allylic oxidation sites excluding steroid dienone is 1. The van der Waals surface area contributed by atoms with Crippen molar-refractivity contribution in [2.45, 2.75) is 26.3 Å². The Morgan fingerprint density at radius 1 is 1.16 bits per heavy atom. The smallest absolute Gasteiger partial charge is 0.276 e. The Morgan fingerprint density at radius 3 is 2.71 bits per heavy atom. The summed E-state index contributed by atoms with van der Waals surface area (Å²) in [5, 5.41) is 11.0. The number of aromatic nitrogens is 3. The summed E-state index contributed by atoms with van der Waals surface area (Å²) in [6.45, 7) is 12.9. The Kier molecular flexibility index (Phi) is 8.37. The molecule has 198 valence electrons. The number of morpholine rings is 1. The van der Waals surface area contributed by atoms with E-state index in [1.807, 2.05) is 36.5 Å². The summed E-state index contributed by atoms with van der Waals surface area (Å²) in [5.74, 6) is -0.275. The molecule has 0 spiro atoms. The molecule has 9 heteroatoms. The summed E-state index contributed by atoms with van der Waals surface area (Å²) >= 11 is 0. The van der Waals surface area contributed by atoms with Crippen LogP contribution in [0, 0.1) is 0 Å². The molecule has 0 saturated carbocycles. The van der Waals surface area contributed by atoms with Gasteiger partial charge in [-0.3, -0.25) is 29.7 Å². The molecule has 0 aliphatic carbocycles. The predicted molar refractivity (Wildman–Crippen MR) is 151 cm³/mol. The molecule has 2 aliphatic heterocycles. The van der Waals surface area contributed by atoms with Crippen molar-refractivity contribution in [1.82, 2.24) is 25.0 Å². The Bertz CT molecular complexity index is 1330. The minimum Gasteiger partial charge on any atom is -0.379 e. The van der Waals surface area contributed by atoms with E-state index in [9.17, 15) is 4.79 Å². The number of carbonyl (C=O) groups is 1. The van der Waals surface area contributed by atoms with Crippen molar-refractivity contribution < 1.29 is 9.53 Å². The SMILES string of the molecule is C=N/C=C(\C=C(/C)c1ccc2[nH]nc(C(=O)Nc3ccc(CN4CCOCC4)nc3)c2c1)CN1CCCC1. The number of anilines is 1. The number of carbonyl (C=O) groups excluding carboxylic acids is 1. The fraction of sp³-hybridized carbons (Fsp3) is 0.379. The Hall–Kier alpha value is -3.66. The Morgan fingerprint density at radius 2 is 1.97 bits per heavy atom. The molecule has 2 saturated heterocycles. The number of nitrogens with zero attached hydrogens (tertiary/aromatic N) is 5. The van der Waals surface area contributed by atoms with E-state index in [4.69, 9.17) is 4.74 Å². The number of hydrogen-bond donors (Lipinski definition) is 2. The molecule has 38 heavy (non-hydrogen) atoms. The van der Waals surface area contributed by atoms with Gasteiger partial charge in [0.1, 0.15) is 0 Å². The van der Waals surface area contributed by atoms with Gasteiger partial charge in [-0.05, 0) is 80.5 Å². The van der Waals surface area contributed by atoms with Gasteiger partial charge in [-0.1, -0.05) is 12.1 Å². The maximum Gasteiger partial charge on any atom is 0.276 e. The van der Waals surface area contributed by atoms with Crippen LogP contribution in [0.1, 0.15) is 41.5 Å². The molecule has 4 heterocycles. The second-order valence-corrected chi connectivity index (χ2v) is 9.91. The van der Waals surface area contributed by atoms with Gasteiger partial charge in [0.2, 0.25) is 0 Å². The molecular formula is C29H35N7O2. The van der Waals surface area contributed by atoms with Crippen LogP contribution in [0.3, 0.4) is 0 Å². The van der Waals surface area contributed by atoms with Crippen LogP contribution < -0.4 is 5.32 Å². The number of amides is 1. The standard InChI is InChI=1S/C29H35N7O2/c1-21(15-22(17-30-2)19-35-9-3-4-10-35)23-5-8-27-26(16-23)28(34-33-27)29(37)32-24-6-7-25(31-18-24)20-36-11-13-38-14-12-36/h5-8,15-18H,2-4,9-14,19-20H2,1H3,(H,32,37)(H,33,34)/b21-15+,22-17+. The van der Waals surface area contributed by atoms with Gasteiger partial charge in [-0.25, -0.2) is 0 Å². The summed E-state index contributed by atoms with van der Waals surface area (Å²) in [4.78, 5) is 26.4. The number of nitrogens with one attached hydrogen (secondary N) is 2. The molecule has 2 N–H and O–H groups in total. The number of hydrogen-bond acceptors (Lipinski definition) is 7. The molecule has 2 aliphatic rings. The van der Waals surface area contributed by atoms with Gasteiger partial charge in [0.15, 0.2) is 5.69 Å². The number of pyridine rings is 1. The topological polar surface area (TPSA) is 98.7 Å². The van der Waals surface area contributed by atoms with E-state index in [2.05, 4.69) is 55.0 Å². The Labute approximate surface area is 223 Å². The lowest BCUT2D eigenvalue weighted by Crippen LogP contribution is -2.35. The molecule has 1 aromatic carbocycles. The number of ether oxygens (including phenoxy) is 1. The number of benzene rings is 1. The van der Waals surface area contributed by atoms with E-state index < -0.39 is 0 Å². The van der Waals surface area contributed by atoms with Crippen LogP contribution in [0.2, 0.25) is 0 Å². The first kappa shape index (κ1) is 26.0. The zero-order valence-electron chi connectivity index (χ0n) is 21.9. The zero-order valence-corrected chi connectivity index (χ0v) is 21.9. The minimum atomic E-state index is -0.275. The van der Waals surface area contributed by atoms with E-state index in [-0.39, 0.29) is 5.91 Å². The van der Waals surface area contributed by atoms with Gasteiger partial charge in [0, 0.05) is 37.8 Å².